The number of likely N-dealkylation sites (tertiary alicyclic amines) is 1. The fourth-order valence-corrected chi connectivity index (χ4v) is 2.76. The minimum absolute atomic E-state index is 0.821. The van der Waals surface area contributed by atoms with Crippen molar-refractivity contribution >= 4 is 0 Å². The third kappa shape index (κ3) is 2.07. The second-order valence-electron chi connectivity index (χ2n) is 4.95. The summed E-state index contributed by atoms with van der Waals surface area (Å²) in [5.74, 6) is 0.821. The molecule has 0 spiro atoms. The number of benzene rings is 1. The SMILES string of the molecule is c1ccc(C2CCN(C3CC3)CC2)cc1. The molecule has 0 aromatic heterocycles. The van der Waals surface area contributed by atoms with Gasteiger partial charge in [0.25, 0.3) is 0 Å². The molecule has 1 nitrogen and oxygen atoms in total. The highest BCUT2D eigenvalue weighted by atomic mass is 15.2. The van der Waals surface area contributed by atoms with Crippen molar-refractivity contribution < 1.29 is 0 Å². The minimum Gasteiger partial charge on any atom is -0.300 e. The molecule has 0 unspecified atom stereocenters. The summed E-state index contributed by atoms with van der Waals surface area (Å²) >= 11 is 0. The van der Waals surface area contributed by atoms with Crippen molar-refractivity contribution in [1.82, 2.24) is 4.90 Å². The maximum absolute atomic E-state index is 2.69. The highest BCUT2D eigenvalue weighted by Gasteiger charge is 2.31. The molecule has 2 fully saturated rings. The summed E-state index contributed by atoms with van der Waals surface area (Å²) in [6, 6.07) is 12.0. The van der Waals surface area contributed by atoms with Gasteiger partial charge in [-0.15, -0.1) is 0 Å². The maximum atomic E-state index is 2.69. The van der Waals surface area contributed by atoms with Crippen LogP contribution < -0.4 is 0 Å². The van der Waals surface area contributed by atoms with E-state index in [9.17, 15) is 0 Å². The quantitative estimate of drug-likeness (QED) is 0.711. The summed E-state index contributed by atoms with van der Waals surface area (Å²) in [6.45, 7) is 2.65. The van der Waals surface area contributed by atoms with Crippen molar-refractivity contribution in [2.75, 3.05) is 13.1 Å². The summed E-state index contributed by atoms with van der Waals surface area (Å²) in [6.07, 6.45) is 5.63. The molecule has 0 radical (unpaired) electrons. The predicted octanol–water partition coefficient (Wildman–Crippen LogP) is 3.03. The Labute approximate surface area is 92.1 Å². The predicted molar refractivity (Wildman–Crippen MR) is 63.0 cm³/mol. The fourth-order valence-electron chi connectivity index (χ4n) is 2.76. The van der Waals surface area contributed by atoms with Gasteiger partial charge in [0, 0.05) is 6.04 Å². The molecular weight excluding hydrogens is 182 g/mol. The number of hydrogen-bond donors (Lipinski definition) is 0. The van der Waals surface area contributed by atoms with E-state index in [2.05, 4.69) is 35.2 Å². The Morgan fingerprint density at radius 2 is 1.53 bits per heavy atom. The third-order valence-electron chi connectivity index (χ3n) is 3.86. The van der Waals surface area contributed by atoms with Crippen LogP contribution in [0.4, 0.5) is 0 Å². The summed E-state index contributed by atoms with van der Waals surface area (Å²) in [5.41, 5.74) is 1.55. The summed E-state index contributed by atoms with van der Waals surface area (Å²) in [5, 5.41) is 0. The van der Waals surface area contributed by atoms with Gasteiger partial charge in [-0.1, -0.05) is 30.3 Å². The molecule has 1 saturated heterocycles. The van der Waals surface area contributed by atoms with E-state index in [1.807, 2.05) is 0 Å². The standard InChI is InChI=1S/C14H19N/c1-2-4-12(5-3-1)13-8-10-15(11-9-13)14-6-7-14/h1-5,13-14H,6-11H2. The Morgan fingerprint density at radius 3 is 2.13 bits per heavy atom. The van der Waals surface area contributed by atoms with E-state index in [0.29, 0.717) is 0 Å². The smallest absolute Gasteiger partial charge is 0.00964 e. The number of rotatable bonds is 2. The van der Waals surface area contributed by atoms with Crippen LogP contribution in [0.5, 0.6) is 0 Å². The van der Waals surface area contributed by atoms with Gasteiger partial charge in [0.1, 0.15) is 0 Å². The van der Waals surface area contributed by atoms with Gasteiger partial charge in [-0.3, -0.25) is 0 Å². The first kappa shape index (κ1) is 9.41. The van der Waals surface area contributed by atoms with Gasteiger partial charge in [-0.25, -0.2) is 0 Å². The van der Waals surface area contributed by atoms with Gasteiger partial charge >= 0.3 is 0 Å². The van der Waals surface area contributed by atoms with Crippen molar-refractivity contribution in [3.05, 3.63) is 35.9 Å². The first-order valence-electron chi connectivity index (χ1n) is 6.22. The zero-order chi connectivity index (χ0) is 10.1. The molecule has 15 heavy (non-hydrogen) atoms. The van der Waals surface area contributed by atoms with Crippen LogP contribution in [-0.2, 0) is 0 Å². The lowest BCUT2D eigenvalue weighted by Crippen LogP contribution is -2.34. The lowest BCUT2D eigenvalue weighted by atomic mass is 9.89. The lowest BCUT2D eigenvalue weighted by molar-refractivity contribution is 0.203. The topological polar surface area (TPSA) is 3.24 Å². The molecule has 1 saturated carbocycles. The second-order valence-corrected chi connectivity index (χ2v) is 4.95. The second kappa shape index (κ2) is 3.97. The number of piperidine rings is 1. The average molecular weight is 201 g/mol. The molecule has 3 rings (SSSR count). The summed E-state index contributed by atoms with van der Waals surface area (Å²) in [7, 11) is 0. The number of hydrogen-bond acceptors (Lipinski definition) is 1. The van der Waals surface area contributed by atoms with Crippen LogP contribution in [0.1, 0.15) is 37.2 Å². The van der Waals surface area contributed by atoms with Gasteiger partial charge < -0.3 is 4.90 Å². The van der Waals surface area contributed by atoms with E-state index in [1.54, 1.807) is 5.56 Å². The van der Waals surface area contributed by atoms with E-state index >= 15 is 0 Å². The van der Waals surface area contributed by atoms with Gasteiger partial charge in [-0.05, 0) is 50.3 Å². The Bertz CT molecular complexity index is 307. The highest BCUT2D eigenvalue weighted by molar-refractivity contribution is 5.20. The zero-order valence-electron chi connectivity index (χ0n) is 9.23. The van der Waals surface area contributed by atoms with Crippen molar-refractivity contribution in [3.8, 4) is 0 Å². The highest BCUT2D eigenvalue weighted by Crippen LogP contribution is 2.34. The molecule has 1 heterocycles. The third-order valence-corrected chi connectivity index (χ3v) is 3.86. The lowest BCUT2D eigenvalue weighted by Gasteiger charge is -2.32. The molecule has 1 aliphatic heterocycles. The first-order valence-corrected chi connectivity index (χ1v) is 6.22. The Hall–Kier alpha value is -0.820. The minimum atomic E-state index is 0.821. The molecule has 2 aliphatic rings. The van der Waals surface area contributed by atoms with Crippen molar-refractivity contribution in [2.45, 2.75) is 37.6 Å². The van der Waals surface area contributed by atoms with Gasteiger partial charge in [-0.2, -0.15) is 0 Å². The molecular formula is C14H19N. The maximum Gasteiger partial charge on any atom is 0.00964 e. The Morgan fingerprint density at radius 1 is 0.867 bits per heavy atom. The molecule has 0 atom stereocenters. The van der Waals surface area contributed by atoms with E-state index in [4.69, 9.17) is 0 Å². The average Bonchev–Trinajstić information content (AvgIpc) is 3.15. The van der Waals surface area contributed by atoms with Gasteiger partial charge in [0.05, 0.1) is 0 Å². The van der Waals surface area contributed by atoms with Crippen LogP contribution in [0.2, 0.25) is 0 Å². The molecule has 1 aromatic rings. The molecule has 1 aromatic carbocycles. The van der Waals surface area contributed by atoms with Crippen LogP contribution in [0.15, 0.2) is 30.3 Å². The zero-order valence-corrected chi connectivity index (χ0v) is 9.23. The first-order chi connectivity index (χ1) is 7.43. The van der Waals surface area contributed by atoms with Crippen LogP contribution in [0.3, 0.4) is 0 Å². The molecule has 0 amide bonds. The van der Waals surface area contributed by atoms with E-state index in [1.165, 1.54) is 38.8 Å². The van der Waals surface area contributed by atoms with Gasteiger partial charge in [0.15, 0.2) is 0 Å². The largest absolute Gasteiger partial charge is 0.300 e. The Kier molecular flexibility index (Phi) is 2.49. The Balaban J connectivity index is 1.61. The summed E-state index contributed by atoms with van der Waals surface area (Å²) < 4.78 is 0. The molecule has 0 bridgehead atoms. The fraction of sp³-hybridized carbons (Fsp3) is 0.571. The van der Waals surface area contributed by atoms with E-state index in [0.717, 1.165) is 12.0 Å². The monoisotopic (exact) mass is 201 g/mol. The molecule has 80 valence electrons. The molecule has 1 heteroatoms. The van der Waals surface area contributed by atoms with Gasteiger partial charge in [0.2, 0.25) is 0 Å². The van der Waals surface area contributed by atoms with Crippen molar-refractivity contribution in [3.63, 3.8) is 0 Å². The van der Waals surface area contributed by atoms with Crippen LogP contribution in [-0.4, -0.2) is 24.0 Å². The normalized spacial score (nSPS) is 24.3. The molecule has 0 N–H and O–H groups in total. The number of nitrogens with zero attached hydrogens (tertiary/aromatic N) is 1. The van der Waals surface area contributed by atoms with Crippen molar-refractivity contribution in [2.24, 2.45) is 0 Å². The van der Waals surface area contributed by atoms with E-state index in [-0.39, 0.29) is 0 Å². The van der Waals surface area contributed by atoms with Crippen LogP contribution >= 0.6 is 0 Å². The van der Waals surface area contributed by atoms with Crippen LogP contribution in [0.25, 0.3) is 0 Å². The molecule has 1 aliphatic carbocycles. The summed E-state index contributed by atoms with van der Waals surface area (Å²) in [4.78, 5) is 2.69. The van der Waals surface area contributed by atoms with E-state index < -0.39 is 0 Å². The van der Waals surface area contributed by atoms with Crippen molar-refractivity contribution in [1.29, 1.82) is 0 Å². The van der Waals surface area contributed by atoms with Crippen LogP contribution in [0, 0.1) is 0 Å².